The van der Waals surface area contributed by atoms with Crippen LogP contribution in [0.4, 0.5) is 0 Å². The van der Waals surface area contributed by atoms with Gasteiger partial charge in [-0.15, -0.1) is 0 Å². The molecule has 208 valence electrons. The molecule has 0 aromatic heterocycles. The Morgan fingerprint density at radius 2 is 1.55 bits per heavy atom. The van der Waals surface area contributed by atoms with Gasteiger partial charge in [0.15, 0.2) is 6.29 Å². The van der Waals surface area contributed by atoms with Gasteiger partial charge in [0.2, 0.25) is 5.91 Å². The third-order valence-electron chi connectivity index (χ3n) is 7.99. The van der Waals surface area contributed by atoms with Crippen LogP contribution in [0.1, 0.15) is 78.2 Å². The van der Waals surface area contributed by atoms with Crippen LogP contribution in [0.3, 0.4) is 0 Å². The van der Waals surface area contributed by atoms with E-state index in [1.165, 1.54) is 36.0 Å². The molecule has 0 spiro atoms. The van der Waals surface area contributed by atoms with Crippen molar-refractivity contribution in [2.45, 2.75) is 97.5 Å². The van der Waals surface area contributed by atoms with E-state index < -0.39 is 5.41 Å². The highest BCUT2D eigenvalue weighted by atomic mass is 16.7. The van der Waals surface area contributed by atoms with Gasteiger partial charge in [-0.25, -0.2) is 0 Å². The smallest absolute Gasteiger partial charge is 0.228 e. The van der Waals surface area contributed by atoms with Gasteiger partial charge in [0.05, 0.1) is 18.1 Å². The maximum atomic E-state index is 12.6. The van der Waals surface area contributed by atoms with E-state index in [-0.39, 0.29) is 18.2 Å². The fourth-order valence-corrected chi connectivity index (χ4v) is 5.59. The fraction of sp³-hybridized carbons (Fsp3) is 0.606. The Balaban J connectivity index is 0.000000283. The van der Waals surface area contributed by atoms with Gasteiger partial charge in [0.1, 0.15) is 0 Å². The minimum absolute atomic E-state index is 0.0919. The zero-order valence-electron chi connectivity index (χ0n) is 23.8. The first-order valence-electron chi connectivity index (χ1n) is 14.5. The second kappa shape index (κ2) is 13.2. The first-order chi connectivity index (χ1) is 18.2. The SMILES string of the molecule is CC(C)(C)C1CCCCO1.C[C@@]1(COC2CCCCO2)C[C@@H](Cc2ccc(-c3ccccc3)cc2)NC1=O. The Morgan fingerprint density at radius 3 is 2.13 bits per heavy atom. The molecule has 0 bridgehead atoms. The van der Waals surface area contributed by atoms with Crippen LogP contribution < -0.4 is 5.32 Å². The van der Waals surface area contributed by atoms with E-state index in [4.69, 9.17) is 14.2 Å². The van der Waals surface area contributed by atoms with E-state index in [2.05, 4.69) is 74.6 Å². The van der Waals surface area contributed by atoms with Crippen molar-refractivity contribution < 1.29 is 19.0 Å². The standard InChI is InChI=1S/C24H29NO3.C9H18O/c1-24(17-28-22-9-5-6-14-27-22)16-21(25-23(24)26)15-18-10-12-20(13-11-18)19-7-3-2-4-8-19;1-9(2,3)8-6-4-5-7-10-8/h2-4,7-8,10-13,21-22H,5-6,9,14-17H2,1H3,(H,25,26);8H,4-7H2,1-3H3/t21-,22?,24+;/m1./s1. The number of carbonyl (C=O) groups is 1. The number of amides is 1. The van der Waals surface area contributed by atoms with E-state index in [0.717, 1.165) is 45.3 Å². The van der Waals surface area contributed by atoms with Gasteiger partial charge in [-0.2, -0.15) is 0 Å². The van der Waals surface area contributed by atoms with Crippen LogP contribution in [0, 0.1) is 10.8 Å². The average molecular weight is 522 g/mol. The molecule has 0 radical (unpaired) electrons. The summed E-state index contributed by atoms with van der Waals surface area (Å²) >= 11 is 0. The van der Waals surface area contributed by atoms with E-state index in [1.54, 1.807) is 0 Å². The van der Waals surface area contributed by atoms with Crippen LogP contribution >= 0.6 is 0 Å². The molecule has 2 aromatic rings. The predicted molar refractivity (Wildman–Crippen MR) is 153 cm³/mol. The molecule has 3 aliphatic heterocycles. The lowest BCUT2D eigenvalue weighted by atomic mass is 9.85. The van der Waals surface area contributed by atoms with Gasteiger partial charge >= 0.3 is 0 Å². The molecule has 2 aromatic carbocycles. The van der Waals surface area contributed by atoms with Crippen LogP contribution in [0.15, 0.2) is 54.6 Å². The van der Waals surface area contributed by atoms with Crippen molar-refractivity contribution in [1.82, 2.24) is 5.32 Å². The Kier molecular flexibility index (Phi) is 10.0. The van der Waals surface area contributed by atoms with E-state index in [0.29, 0.717) is 18.1 Å². The van der Waals surface area contributed by atoms with Crippen molar-refractivity contribution in [1.29, 1.82) is 0 Å². The molecule has 4 atom stereocenters. The van der Waals surface area contributed by atoms with E-state index in [1.807, 2.05) is 13.0 Å². The van der Waals surface area contributed by atoms with Crippen LogP contribution in [-0.2, 0) is 25.4 Å². The quantitative estimate of drug-likeness (QED) is 0.448. The van der Waals surface area contributed by atoms with Gasteiger partial charge in [0, 0.05) is 19.3 Å². The van der Waals surface area contributed by atoms with Crippen LogP contribution in [-0.4, -0.2) is 44.2 Å². The van der Waals surface area contributed by atoms with Crippen molar-refractivity contribution in [2.24, 2.45) is 10.8 Å². The summed E-state index contributed by atoms with van der Waals surface area (Å²) in [4.78, 5) is 12.6. The van der Waals surface area contributed by atoms with Crippen molar-refractivity contribution in [3.8, 4) is 11.1 Å². The Labute approximate surface area is 229 Å². The molecule has 2 unspecified atom stereocenters. The summed E-state index contributed by atoms with van der Waals surface area (Å²) in [7, 11) is 0. The Bertz CT molecular complexity index is 988. The summed E-state index contributed by atoms with van der Waals surface area (Å²) in [5, 5.41) is 3.17. The number of ether oxygens (including phenoxy) is 3. The zero-order chi connectivity index (χ0) is 27.0. The first kappa shape index (κ1) is 28.8. The maximum Gasteiger partial charge on any atom is 0.228 e. The number of carbonyl (C=O) groups excluding carboxylic acids is 1. The second-order valence-electron chi connectivity index (χ2n) is 12.5. The summed E-state index contributed by atoms with van der Waals surface area (Å²) < 4.78 is 17.2. The minimum Gasteiger partial charge on any atom is -0.378 e. The third-order valence-corrected chi connectivity index (χ3v) is 7.99. The molecule has 5 rings (SSSR count). The minimum atomic E-state index is -0.477. The molecule has 0 saturated carbocycles. The lowest BCUT2D eigenvalue weighted by Crippen LogP contribution is -2.36. The molecule has 38 heavy (non-hydrogen) atoms. The summed E-state index contributed by atoms with van der Waals surface area (Å²) in [5.41, 5.74) is 3.55. The summed E-state index contributed by atoms with van der Waals surface area (Å²) in [6.07, 6.45) is 9.00. The van der Waals surface area contributed by atoms with E-state index >= 15 is 0 Å². The van der Waals surface area contributed by atoms with Crippen LogP contribution in [0.5, 0.6) is 0 Å². The fourth-order valence-electron chi connectivity index (χ4n) is 5.59. The molecule has 3 aliphatic rings. The maximum absolute atomic E-state index is 12.6. The molecular weight excluding hydrogens is 474 g/mol. The predicted octanol–water partition coefficient (Wildman–Crippen LogP) is 6.94. The lowest BCUT2D eigenvalue weighted by Gasteiger charge is -2.33. The molecule has 5 heteroatoms. The third kappa shape index (κ3) is 8.14. The van der Waals surface area contributed by atoms with E-state index in [9.17, 15) is 4.79 Å². The van der Waals surface area contributed by atoms with Gasteiger partial charge in [0.25, 0.3) is 0 Å². The monoisotopic (exact) mass is 521 g/mol. The molecule has 3 fully saturated rings. The van der Waals surface area contributed by atoms with Crippen molar-refractivity contribution in [3.05, 3.63) is 60.2 Å². The molecular formula is C33H47NO4. The Hall–Kier alpha value is -2.21. The summed E-state index contributed by atoms with van der Waals surface area (Å²) in [5.74, 6) is 0.0919. The first-order valence-corrected chi connectivity index (χ1v) is 14.5. The molecule has 5 nitrogen and oxygen atoms in total. The van der Waals surface area contributed by atoms with Gasteiger partial charge in [-0.1, -0.05) is 75.4 Å². The molecule has 0 aliphatic carbocycles. The largest absolute Gasteiger partial charge is 0.378 e. The molecule has 1 amide bonds. The van der Waals surface area contributed by atoms with Gasteiger partial charge in [-0.05, 0) is 80.4 Å². The number of hydrogen-bond acceptors (Lipinski definition) is 4. The number of benzene rings is 2. The highest BCUT2D eigenvalue weighted by Crippen LogP contribution is 2.33. The normalized spacial score (nSPS) is 27.8. The lowest BCUT2D eigenvalue weighted by molar-refractivity contribution is -0.178. The second-order valence-corrected chi connectivity index (χ2v) is 12.5. The van der Waals surface area contributed by atoms with Crippen molar-refractivity contribution in [3.63, 3.8) is 0 Å². The average Bonchev–Trinajstić information content (AvgIpc) is 3.22. The van der Waals surface area contributed by atoms with Crippen LogP contribution in [0.25, 0.3) is 11.1 Å². The highest BCUT2D eigenvalue weighted by molar-refractivity contribution is 5.85. The number of hydrogen-bond donors (Lipinski definition) is 1. The summed E-state index contributed by atoms with van der Waals surface area (Å²) in [6, 6.07) is 19.2. The molecule has 1 N–H and O–H groups in total. The van der Waals surface area contributed by atoms with Crippen molar-refractivity contribution >= 4 is 5.91 Å². The zero-order valence-corrected chi connectivity index (χ0v) is 23.8. The highest BCUT2D eigenvalue weighted by Gasteiger charge is 2.43. The van der Waals surface area contributed by atoms with Crippen LogP contribution in [0.2, 0.25) is 0 Å². The number of nitrogens with one attached hydrogen (secondary N) is 1. The number of rotatable bonds is 6. The molecule has 3 heterocycles. The van der Waals surface area contributed by atoms with Crippen molar-refractivity contribution in [2.75, 3.05) is 19.8 Å². The Morgan fingerprint density at radius 1 is 0.895 bits per heavy atom. The molecule has 3 saturated heterocycles. The van der Waals surface area contributed by atoms with Gasteiger partial charge < -0.3 is 19.5 Å². The summed E-state index contributed by atoms with van der Waals surface area (Å²) in [6.45, 7) is 10.9. The topological polar surface area (TPSA) is 56.8 Å². The van der Waals surface area contributed by atoms with Gasteiger partial charge in [-0.3, -0.25) is 4.79 Å².